The number of esters is 1. The number of pyridine rings is 1. The molecule has 1 aromatic carbocycles. The Hall–Kier alpha value is -3.02. The molecule has 0 fully saturated rings. The van der Waals surface area contributed by atoms with E-state index in [2.05, 4.69) is 10.1 Å². The Kier molecular flexibility index (Phi) is 4.65. The zero-order chi connectivity index (χ0) is 16.9. The third-order valence-electron chi connectivity index (χ3n) is 3.67. The number of hydrogen-bond acceptors (Lipinski definition) is 5. The van der Waals surface area contributed by atoms with Crippen LogP contribution in [0, 0.1) is 6.92 Å². The minimum atomic E-state index is -0.567. The van der Waals surface area contributed by atoms with E-state index in [9.17, 15) is 9.59 Å². The maximum absolute atomic E-state index is 12.1. The molecule has 6 nitrogen and oxygen atoms in total. The molecule has 6 heteroatoms. The summed E-state index contributed by atoms with van der Waals surface area (Å²) in [6.45, 7) is 1.99. The lowest BCUT2D eigenvalue weighted by Gasteiger charge is -2.11. The van der Waals surface area contributed by atoms with Gasteiger partial charge in [-0.25, -0.2) is 9.80 Å². The highest BCUT2D eigenvalue weighted by molar-refractivity contribution is 6.02. The van der Waals surface area contributed by atoms with Crippen molar-refractivity contribution in [1.29, 1.82) is 0 Å². The predicted molar refractivity (Wildman–Crippen MR) is 88.6 cm³/mol. The van der Waals surface area contributed by atoms with Crippen LogP contribution in [-0.2, 0) is 9.53 Å². The third kappa shape index (κ3) is 3.65. The Morgan fingerprint density at radius 1 is 1.17 bits per heavy atom. The molecular formula is C18H17N3O3. The Labute approximate surface area is 139 Å². The van der Waals surface area contributed by atoms with Crippen molar-refractivity contribution in [2.24, 2.45) is 5.10 Å². The van der Waals surface area contributed by atoms with Crippen LogP contribution in [0.4, 0.5) is 0 Å². The fraction of sp³-hybridized carbons (Fsp3) is 0.222. The van der Waals surface area contributed by atoms with Crippen molar-refractivity contribution < 1.29 is 14.3 Å². The van der Waals surface area contributed by atoms with Gasteiger partial charge in [-0.2, -0.15) is 5.10 Å². The van der Waals surface area contributed by atoms with E-state index in [4.69, 9.17) is 4.74 Å². The highest BCUT2D eigenvalue weighted by atomic mass is 16.5. The minimum absolute atomic E-state index is 0.322. The van der Waals surface area contributed by atoms with Gasteiger partial charge in [0.05, 0.1) is 17.8 Å². The Morgan fingerprint density at radius 2 is 1.96 bits per heavy atom. The summed E-state index contributed by atoms with van der Waals surface area (Å²) in [5.41, 5.74) is 2.99. The molecular weight excluding hydrogens is 306 g/mol. The number of aryl methyl sites for hydroxylation is 1. The van der Waals surface area contributed by atoms with Crippen LogP contribution in [0.1, 0.15) is 28.0 Å². The van der Waals surface area contributed by atoms with E-state index in [-0.39, 0.29) is 12.5 Å². The molecule has 2 heterocycles. The molecule has 0 bridgehead atoms. The van der Waals surface area contributed by atoms with Crippen molar-refractivity contribution in [2.75, 3.05) is 13.2 Å². The summed E-state index contributed by atoms with van der Waals surface area (Å²) < 4.78 is 5.04. The van der Waals surface area contributed by atoms with Crippen molar-refractivity contribution in [1.82, 2.24) is 9.99 Å². The molecule has 0 atom stereocenters. The first-order chi connectivity index (χ1) is 11.6. The number of ether oxygens (including phenoxy) is 1. The summed E-state index contributed by atoms with van der Waals surface area (Å²) in [5, 5.41) is 5.67. The number of carbonyl (C=O) groups is 2. The Morgan fingerprint density at radius 3 is 2.67 bits per heavy atom. The van der Waals surface area contributed by atoms with Crippen molar-refractivity contribution in [3.63, 3.8) is 0 Å². The van der Waals surface area contributed by atoms with E-state index >= 15 is 0 Å². The predicted octanol–water partition coefficient (Wildman–Crippen LogP) is 2.18. The molecule has 24 heavy (non-hydrogen) atoms. The summed E-state index contributed by atoms with van der Waals surface area (Å²) in [7, 11) is 0. The van der Waals surface area contributed by atoms with Gasteiger partial charge >= 0.3 is 5.97 Å². The van der Waals surface area contributed by atoms with Crippen LogP contribution < -0.4 is 0 Å². The van der Waals surface area contributed by atoms with Gasteiger partial charge in [-0.05, 0) is 24.6 Å². The molecule has 3 rings (SSSR count). The summed E-state index contributed by atoms with van der Waals surface area (Å²) in [6.07, 6.45) is 2.12. The van der Waals surface area contributed by atoms with Crippen LogP contribution in [-0.4, -0.2) is 40.7 Å². The first-order valence-electron chi connectivity index (χ1n) is 7.66. The van der Waals surface area contributed by atoms with E-state index in [1.165, 1.54) is 11.2 Å². The van der Waals surface area contributed by atoms with Crippen LogP contribution in [0.5, 0.6) is 0 Å². The molecule has 122 valence electrons. The number of carbonyl (C=O) groups excluding carboxylic acids is 2. The second-order valence-corrected chi connectivity index (χ2v) is 5.44. The molecule has 0 aliphatic carbocycles. The molecule has 1 aromatic heterocycles. The standard InChI is InChI=1S/C18H17N3O3/c1-13-7-8-15(11-19-13)18(23)24-12-17(22)21-10-9-16(20-21)14-5-3-2-4-6-14/h2-8,11H,9-10,12H2,1H3. The highest BCUT2D eigenvalue weighted by Gasteiger charge is 2.22. The molecule has 0 unspecified atom stereocenters. The Bertz CT molecular complexity index is 770. The van der Waals surface area contributed by atoms with Crippen molar-refractivity contribution in [3.05, 3.63) is 65.5 Å². The quantitative estimate of drug-likeness (QED) is 0.809. The van der Waals surface area contributed by atoms with Crippen LogP contribution in [0.2, 0.25) is 0 Å². The second-order valence-electron chi connectivity index (χ2n) is 5.44. The van der Waals surface area contributed by atoms with E-state index in [1.807, 2.05) is 37.3 Å². The number of hydrogen-bond donors (Lipinski definition) is 0. The van der Waals surface area contributed by atoms with E-state index in [1.54, 1.807) is 12.1 Å². The maximum atomic E-state index is 12.1. The number of nitrogens with zero attached hydrogens (tertiary/aromatic N) is 3. The molecule has 1 aliphatic rings. The zero-order valence-electron chi connectivity index (χ0n) is 13.3. The third-order valence-corrected chi connectivity index (χ3v) is 3.67. The van der Waals surface area contributed by atoms with E-state index in [0.717, 1.165) is 17.0 Å². The number of rotatable bonds is 4. The molecule has 2 aromatic rings. The van der Waals surface area contributed by atoms with Crippen LogP contribution in [0.25, 0.3) is 0 Å². The molecule has 0 N–H and O–H groups in total. The fourth-order valence-corrected chi connectivity index (χ4v) is 2.34. The fourth-order valence-electron chi connectivity index (χ4n) is 2.34. The van der Waals surface area contributed by atoms with Gasteiger partial charge < -0.3 is 4.74 Å². The molecule has 1 amide bonds. The van der Waals surface area contributed by atoms with Crippen LogP contribution in [0.3, 0.4) is 0 Å². The topological polar surface area (TPSA) is 71.9 Å². The lowest BCUT2D eigenvalue weighted by molar-refractivity contribution is -0.134. The van der Waals surface area contributed by atoms with Gasteiger partial charge in [-0.15, -0.1) is 0 Å². The van der Waals surface area contributed by atoms with Crippen molar-refractivity contribution >= 4 is 17.6 Å². The lowest BCUT2D eigenvalue weighted by atomic mass is 10.1. The normalized spacial score (nSPS) is 13.5. The SMILES string of the molecule is Cc1ccc(C(=O)OCC(=O)N2CCC(c3ccccc3)=N2)cn1. The molecule has 0 saturated heterocycles. The summed E-state index contributed by atoms with van der Waals surface area (Å²) >= 11 is 0. The van der Waals surface area contributed by atoms with Crippen LogP contribution in [0.15, 0.2) is 53.8 Å². The number of hydrazone groups is 1. The number of aromatic nitrogens is 1. The van der Waals surface area contributed by atoms with E-state index < -0.39 is 5.97 Å². The summed E-state index contributed by atoms with van der Waals surface area (Å²) in [6, 6.07) is 13.0. The van der Waals surface area contributed by atoms with E-state index in [0.29, 0.717) is 18.5 Å². The van der Waals surface area contributed by atoms with Gasteiger partial charge in [0.25, 0.3) is 5.91 Å². The van der Waals surface area contributed by atoms with Gasteiger partial charge in [-0.3, -0.25) is 9.78 Å². The van der Waals surface area contributed by atoms with Gasteiger partial charge in [0.2, 0.25) is 0 Å². The lowest BCUT2D eigenvalue weighted by Crippen LogP contribution is -2.28. The summed E-state index contributed by atoms with van der Waals surface area (Å²) in [5.74, 6) is -0.906. The number of benzene rings is 1. The van der Waals surface area contributed by atoms with Crippen molar-refractivity contribution in [3.8, 4) is 0 Å². The first kappa shape index (κ1) is 15.9. The van der Waals surface area contributed by atoms with Gasteiger partial charge in [0, 0.05) is 18.3 Å². The average molecular weight is 323 g/mol. The smallest absolute Gasteiger partial charge is 0.340 e. The molecule has 1 aliphatic heterocycles. The minimum Gasteiger partial charge on any atom is -0.452 e. The Balaban J connectivity index is 1.57. The van der Waals surface area contributed by atoms with Crippen molar-refractivity contribution in [2.45, 2.75) is 13.3 Å². The second kappa shape index (κ2) is 7.04. The van der Waals surface area contributed by atoms with Gasteiger partial charge in [-0.1, -0.05) is 30.3 Å². The van der Waals surface area contributed by atoms with Gasteiger partial charge in [0.1, 0.15) is 0 Å². The van der Waals surface area contributed by atoms with Gasteiger partial charge in [0.15, 0.2) is 6.61 Å². The van der Waals surface area contributed by atoms with Crippen LogP contribution >= 0.6 is 0 Å². The maximum Gasteiger partial charge on any atom is 0.340 e. The zero-order valence-corrected chi connectivity index (χ0v) is 13.3. The largest absolute Gasteiger partial charge is 0.452 e. The summed E-state index contributed by atoms with van der Waals surface area (Å²) in [4.78, 5) is 28.1. The monoisotopic (exact) mass is 323 g/mol. The number of amides is 1. The molecule has 0 spiro atoms. The highest BCUT2D eigenvalue weighted by Crippen LogP contribution is 2.14. The first-order valence-corrected chi connectivity index (χ1v) is 7.66. The molecule has 0 radical (unpaired) electrons. The molecule has 0 saturated carbocycles. The average Bonchev–Trinajstić information content (AvgIpc) is 3.11.